The molecule has 2 aromatic heterocycles. The topological polar surface area (TPSA) is 133 Å². The average molecular weight is 519 g/mol. The van der Waals surface area contributed by atoms with E-state index in [1.54, 1.807) is 59.7 Å². The Balaban J connectivity index is 1.47. The van der Waals surface area contributed by atoms with Gasteiger partial charge in [0.15, 0.2) is 0 Å². The molecular formula is C29H26N8O2. The minimum Gasteiger partial charge on any atom is -0.438 e. The van der Waals surface area contributed by atoms with E-state index in [1.807, 2.05) is 18.7 Å². The van der Waals surface area contributed by atoms with E-state index in [0.29, 0.717) is 54.6 Å². The van der Waals surface area contributed by atoms with E-state index in [4.69, 9.17) is 20.0 Å². The highest BCUT2D eigenvalue weighted by atomic mass is 16.5. The molecular weight excluding hydrogens is 492 g/mol. The third-order valence-electron chi connectivity index (χ3n) is 6.59. The van der Waals surface area contributed by atoms with Crippen molar-refractivity contribution in [3.8, 4) is 23.8 Å². The number of nitrogens with one attached hydrogen (secondary N) is 1. The molecule has 5 rings (SSSR count). The molecule has 0 unspecified atom stereocenters. The van der Waals surface area contributed by atoms with E-state index in [0.717, 1.165) is 28.1 Å². The molecule has 1 amide bonds. The fourth-order valence-electron chi connectivity index (χ4n) is 4.62. The van der Waals surface area contributed by atoms with Crippen LogP contribution in [0.4, 0.5) is 11.6 Å². The van der Waals surface area contributed by atoms with E-state index in [-0.39, 0.29) is 12.5 Å². The highest BCUT2D eigenvalue weighted by molar-refractivity contribution is 5.76. The van der Waals surface area contributed by atoms with E-state index in [9.17, 15) is 10.1 Å². The normalized spacial score (nSPS) is 12.6. The second-order valence-corrected chi connectivity index (χ2v) is 9.36. The minimum absolute atomic E-state index is 0.00551. The SMILES string of the molecule is Cc1cc(C#N)cc(C)c1Oc1nc(Nc2ccc(C#N)cc2)nc2c1CCN(C(=O)Cn1ccnc1)CC2. The number of hydrogen-bond donors (Lipinski definition) is 1. The van der Waals surface area contributed by atoms with E-state index in [2.05, 4.69) is 22.4 Å². The first kappa shape index (κ1) is 25.4. The summed E-state index contributed by atoms with van der Waals surface area (Å²) in [6.07, 6.45) is 6.12. The maximum atomic E-state index is 13.0. The first-order chi connectivity index (χ1) is 18.9. The van der Waals surface area contributed by atoms with Crippen molar-refractivity contribution in [3.63, 3.8) is 0 Å². The van der Waals surface area contributed by atoms with Crippen LogP contribution in [0.25, 0.3) is 0 Å². The number of rotatable bonds is 6. The van der Waals surface area contributed by atoms with Crippen LogP contribution < -0.4 is 10.1 Å². The van der Waals surface area contributed by atoms with Crippen molar-refractivity contribution in [2.75, 3.05) is 18.4 Å². The van der Waals surface area contributed by atoms with Crippen LogP contribution in [0.2, 0.25) is 0 Å². The van der Waals surface area contributed by atoms with E-state index >= 15 is 0 Å². The van der Waals surface area contributed by atoms with Gasteiger partial charge in [-0.25, -0.2) is 9.97 Å². The largest absolute Gasteiger partial charge is 0.438 e. The number of aryl methyl sites for hydroxylation is 2. The number of benzene rings is 2. The molecule has 0 spiro atoms. The molecule has 0 saturated carbocycles. The molecule has 0 fully saturated rings. The van der Waals surface area contributed by atoms with Crippen LogP contribution in [0.5, 0.6) is 11.6 Å². The lowest BCUT2D eigenvalue weighted by atomic mass is 10.1. The Hall–Kier alpha value is -5.22. The molecule has 194 valence electrons. The summed E-state index contributed by atoms with van der Waals surface area (Å²) >= 11 is 0. The molecule has 1 aliphatic heterocycles. The molecule has 0 saturated heterocycles. The lowest BCUT2D eigenvalue weighted by molar-refractivity contribution is -0.131. The Kier molecular flexibility index (Phi) is 7.19. The third kappa shape index (κ3) is 5.71. The Morgan fingerprint density at radius 2 is 1.74 bits per heavy atom. The molecule has 0 bridgehead atoms. The first-order valence-corrected chi connectivity index (χ1v) is 12.5. The Labute approximate surface area is 226 Å². The van der Waals surface area contributed by atoms with Gasteiger partial charge in [0.1, 0.15) is 12.3 Å². The molecule has 39 heavy (non-hydrogen) atoms. The molecule has 10 nitrogen and oxygen atoms in total. The van der Waals surface area contributed by atoms with Crippen molar-refractivity contribution in [1.82, 2.24) is 24.4 Å². The second kappa shape index (κ2) is 11.0. The standard InChI is InChI=1S/C29H26N8O2/c1-19-13-22(16-31)14-20(2)27(19)39-28-24-7-10-37(26(38)17-36-12-9-32-18-36)11-8-25(24)34-29(35-28)33-23-5-3-21(15-30)4-6-23/h3-6,9,12-14,18H,7-8,10-11,17H2,1-2H3,(H,33,34,35). The summed E-state index contributed by atoms with van der Waals surface area (Å²) in [5.74, 6) is 1.41. The zero-order chi connectivity index (χ0) is 27.4. The molecule has 1 N–H and O–H groups in total. The number of aromatic nitrogens is 4. The van der Waals surface area contributed by atoms with E-state index in [1.165, 1.54) is 0 Å². The van der Waals surface area contributed by atoms with Crippen LogP contribution in [-0.2, 0) is 24.2 Å². The number of amides is 1. The lowest BCUT2D eigenvalue weighted by Crippen LogP contribution is -2.35. The molecule has 4 aromatic rings. The summed E-state index contributed by atoms with van der Waals surface area (Å²) < 4.78 is 8.18. The monoisotopic (exact) mass is 518 g/mol. The summed E-state index contributed by atoms with van der Waals surface area (Å²) in [5.41, 5.74) is 5.15. The fraction of sp³-hybridized carbons (Fsp3) is 0.241. The van der Waals surface area contributed by atoms with Crippen LogP contribution in [0.15, 0.2) is 55.1 Å². The van der Waals surface area contributed by atoms with Crippen molar-refractivity contribution in [3.05, 3.63) is 88.6 Å². The average Bonchev–Trinajstić information content (AvgIpc) is 3.35. The van der Waals surface area contributed by atoms with Gasteiger partial charge < -0.3 is 19.5 Å². The molecule has 0 radical (unpaired) electrons. The zero-order valence-electron chi connectivity index (χ0n) is 21.7. The molecule has 3 heterocycles. The van der Waals surface area contributed by atoms with Crippen molar-refractivity contribution < 1.29 is 9.53 Å². The fourth-order valence-corrected chi connectivity index (χ4v) is 4.62. The van der Waals surface area contributed by atoms with Crippen LogP contribution in [0.1, 0.15) is 33.5 Å². The minimum atomic E-state index is 0.00551. The van der Waals surface area contributed by atoms with Crippen LogP contribution >= 0.6 is 0 Å². The smallest absolute Gasteiger partial charge is 0.242 e. The molecule has 2 aromatic carbocycles. The maximum absolute atomic E-state index is 13.0. The van der Waals surface area contributed by atoms with Gasteiger partial charge in [-0.05, 0) is 67.8 Å². The van der Waals surface area contributed by atoms with Gasteiger partial charge in [0.2, 0.25) is 17.7 Å². The molecule has 1 aliphatic rings. The lowest BCUT2D eigenvalue weighted by Gasteiger charge is -2.20. The first-order valence-electron chi connectivity index (χ1n) is 12.5. The number of fused-ring (bicyclic) bond motifs is 1. The van der Waals surface area contributed by atoms with Crippen LogP contribution in [-0.4, -0.2) is 43.4 Å². The van der Waals surface area contributed by atoms with Gasteiger partial charge in [0.25, 0.3) is 0 Å². The quantitative estimate of drug-likeness (QED) is 0.402. The van der Waals surface area contributed by atoms with Crippen LogP contribution in [0.3, 0.4) is 0 Å². The third-order valence-corrected chi connectivity index (χ3v) is 6.59. The number of carbonyl (C=O) groups excluding carboxylic acids is 1. The van der Waals surface area contributed by atoms with Crippen molar-refractivity contribution in [1.29, 1.82) is 10.5 Å². The van der Waals surface area contributed by atoms with Gasteiger partial charge in [-0.2, -0.15) is 15.5 Å². The number of ether oxygens (including phenoxy) is 1. The molecule has 10 heteroatoms. The van der Waals surface area contributed by atoms with E-state index < -0.39 is 0 Å². The summed E-state index contributed by atoms with van der Waals surface area (Å²) in [4.78, 5) is 28.4. The van der Waals surface area contributed by atoms with Crippen molar-refractivity contribution in [2.45, 2.75) is 33.2 Å². The Bertz CT molecular complexity index is 1580. The number of carbonyl (C=O) groups is 1. The summed E-state index contributed by atoms with van der Waals surface area (Å²) in [7, 11) is 0. The van der Waals surface area contributed by atoms with Crippen molar-refractivity contribution >= 4 is 17.5 Å². The van der Waals surface area contributed by atoms with Crippen molar-refractivity contribution in [2.24, 2.45) is 0 Å². The zero-order valence-corrected chi connectivity index (χ0v) is 21.7. The highest BCUT2D eigenvalue weighted by Gasteiger charge is 2.25. The van der Waals surface area contributed by atoms with Crippen LogP contribution in [0, 0.1) is 36.5 Å². The highest BCUT2D eigenvalue weighted by Crippen LogP contribution is 2.34. The van der Waals surface area contributed by atoms with Gasteiger partial charge in [-0.3, -0.25) is 4.79 Å². The number of hydrogen-bond acceptors (Lipinski definition) is 8. The van der Waals surface area contributed by atoms with Gasteiger partial charge in [0, 0.05) is 43.2 Å². The number of nitriles is 2. The summed E-state index contributed by atoms with van der Waals surface area (Å²) in [6, 6.07) is 14.9. The number of nitrogens with zero attached hydrogens (tertiary/aromatic N) is 7. The number of imidazole rings is 1. The van der Waals surface area contributed by atoms with Gasteiger partial charge in [-0.1, -0.05) is 0 Å². The Morgan fingerprint density at radius 3 is 2.41 bits per heavy atom. The predicted octanol–water partition coefficient (Wildman–Crippen LogP) is 4.20. The van der Waals surface area contributed by atoms with Gasteiger partial charge >= 0.3 is 0 Å². The summed E-state index contributed by atoms with van der Waals surface area (Å²) in [6.45, 7) is 5.04. The molecule has 0 aliphatic carbocycles. The Morgan fingerprint density at radius 1 is 1.03 bits per heavy atom. The summed E-state index contributed by atoms with van der Waals surface area (Å²) in [5, 5.41) is 21.7. The second-order valence-electron chi connectivity index (χ2n) is 9.36. The maximum Gasteiger partial charge on any atom is 0.242 e. The van der Waals surface area contributed by atoms with Gasteiger partial charge in [0.05, 0.1) is 35.3 Å². The predicted molar refractivity (Wildman–Crippen MR) is 143 cm³/mol. The molecule has 0 atom stereocenters. The van der Waals surface area contributed by atoms with Gasteiger partial charge in [-0.15, -0.1) is 0 Å². The number of anilines is 2.